The van der Waals surface area contributed by atoms with Crippen molar-refractivity contribution in [1.29, 1.82) is 0 Å². The average Bonchev–Trinajstić information content (AvgIpc) is 2.81. The van der Waals surface area contributed by atoms with Crippen molar-refractivity contribution in [2.45, 2.75) is 65.0 Å². The molecule has 1 fully saturated rings. The molecule has 9 heteroatoms. The standard InChI is InChI=1S/C26H35N3O5S/c1-6-35(32,33)27-19(3)13-12-18(2)22-14-15-24-25(16-22)28(17-20(4)29(24)21(5)30)26(31)34-23-10-8-7-9-11-23/h12-16,20,23,27H,2-3,6-11,17H2,1,4-5H3/b13-12-. The maximum atomic E-state index is 13.2. The third kappa shape index (κ3) is 6.54. The summed E-state index contributed by atoms with van der Waals surface area (Å²) in [5, 5.41) is 0. The summed E-state index contributed by atoms with van der Waals surface area (Å²) in [6.07, 6.45) is 7.71. The largest absolute Gasteiger partial charge is 0.446 e. The maximum Gasteiger partial charge on any atom is 0.414 e. The van der Waals surface area contributed by atoms with Gasteiger partial charge in [-0.25, -0.2) is 13.2 Å². The molecular weight excluding hydrogens is 466 g/mol. The minimum Gasteiger partial charge on any atom is -0.446 e. The number of nitrogens with one attached hydrogen (secondary N) is 1. The Morgan fingerprint density at radius 2 is 1.83 bits per heavy atom. The van der Waals surface area contributed by atoms with Crippen LogP contribution in [0.4, 0.5) is 16.2 Å². The molecule has 1 aromatic carbocycles. The molecular formula is C26H35N3O5S. The van der Waals surface area contributed by atoms with Gasteiger partial charge in [-0.1, -0.05) is 31.7 Å². The molecule has 3 rings (SSSR count). The summed E-state index contributed by atoms with van der Waals surface area (Å²) in [5.41, 5.74) is 2.76. The summed E-state index contributed by atoms with van der Waals surface area (Å²) in [4.78, 5) is 28.9. The highest BCUT2D eigenvalue weighted by Gasteiger charge is 2.35. The first-order valence-corrected chi connectivity index (χ1v) is 13.7. The highest BCUT2D eigenvalue weighted by atomic mass is 32.2. The van der Waals surface area contributed by atoms with Gasteiger partial charge in [0, 0.05) is 19.2 Å². The molecule has 0 radical (unpaired) electrons. The molecule has 0 saturated heterocycles. The molecule has 1 unspecified atom stereocenters. The average molecular weight is 502 g/mol. The number of rotatable bonds is 7. The van der Waals surface area contributed by atoms with Crippen LogP contribution in [0.1, 0.15) is 58.4 Å². The molecule has 1 saturated carbocycles. The highest BCUT2D eigenvalue weighted by molar-refractivity contribution is 7.89. The van der Waals surface area contributed by atoms with E-state index in [1.807, 2.05) is 19.1 Å². The SMILES string of the molecule is C=C(/C=C\C(=C)c1ccc2c(c1)N(C(=O)OC1CCCCC1)CC(C)N2C(C)=O)NS(=O)(=O)CC. The van der Waals surface area contributed by atoms with E-state index in [4.69, 9.17) is 4.74 Å². The molecule has 1 heterocycles. The number of amides is 2. The molecule has 0 spiro atoms. The van der Waals surface area contributed by atoms with Gasteiger partial charge in [0.1, 0.15) is 6.10 Å². The zero-order valence-electron chi connectivity index (χ0n) is 20.7. The van der Waals surface area contributed by atoms with Crippen LogP contribution in [0.25, 0.3) is 5.57 Å². The Balaban J connectivity index is 1.88. The van der Waals surface area contributed by atoms with E-state index in [0.717, 1.165) is 37.7 Å². The second-order valence-corrected chi connectivity index (χ2v) is 11.1. The molecule has 1 aliphatic heterocycles. The van der Waals surface area contributed by atoms with Gasteiger partial charge in [0.15, 0.2) is 0 Å². The Kier molecular flexibility index (Phi) is 8.43. The molecule has 2 amide bonds. The summed E-state index contributed by atoms with van der Waals surface area (Å²) >= 11 is 0. The smallest absolute Gasteiger partial charge is 0.414 e. The first-order valence-electron chi connectivity index (χ1n) is 12.0. The van der Waals surface area contributed by atoms with Gasteiger partial charge in [-0.15, -0.1) is 0 Å². The lowest BCUT2D eigenvalue weighted by atomic mass is 9.98. The summed E-state index contributed by atoms with van der Waals surface area (Å²) < 4.78 is 31.7. The lowest BCUT2D eigenvalue weighted by Gasteiger charge is -2.41. The number of anilines is 2. The molecule has 1 aliphatic carbocycles. The van der Waals surface area contributed by atoms with Crippen LogP contribution in [0.15, 0.2) is 49.2 Å². The minimum absolute atomic E-state index is 0.0521. The number of hydrogen-bond donors (Lipinski definition) is 1. The monoisotopic (exact) mass is 501 g/mol. The number of fused-ring (bicyclic) bond motifs is 1. The van der Waals surface area contributed by atoms with E-state index in [1.54, 1.807) is 28.9 Å². The van der Waals surface area contributed by atoms with Crippen molar-refractivity contribution in [2.24, 2.45) is 0 Å². The summed E-state index contributed by atoms with van der Waals surface area (Å²) in [5.74, 6) is -0.159. The van der Waals surface area contributed by atoms with Gasteiger partial charge < -0.3 is 9.64 Å². The predicted octanol–water partition coefficient (Wildman–Crippen LogP) is 4.74. The first kappa shape index (κ1) is 26.5. The fourth-order valence-electron chi connectivity index (χ4n) is 4.47. The zero-order chi connectivity index (χ0) is 25.8. The lowest BCUT2D eigenvalue weighted by Crippen LogP contribution is -2.52. The van der Waals surface area contributed by atoms with Crippen LogP contribution in [-0.4, -0.2) is 44.9 Å². The third-order valence-electron chi connectivity index (χ3n) is 6.32. The fourth-order valence-corrected chi connectivity index (χ4v) is 5.08. The van der Waals surface area contributed by atoms with Gasteiger partial charge in [-0.2, -0.15) is 0 Å². The van der Waals surface area contributed by atoms with E-state index >= 15 is 0 Å². The van der Waals surface area contributed by atoms with E-state index in [1.165, 1.54) is 13.0 Å². The highest BCUT2D eigenvalue weighted by Crippen LogP contribution is 2.38. The van der Waals surface area contributed by atoms with Crippen molar-refractivity contribution in [3.05, 3.63) is 54.8 Å². The fraction of sp³-hybridized carbons (Fsp3) is 0.462. The van der Waals surface area contributed by atoms with Crippen LogP contribution in [0.2, 0.25) is 0 Å². The van der Waals surface area contributed by atoms with Crippen LogP contribution in [0.5, 0.6) is 0 Å². The molecule has 190 valence electrons. The quantitative estimate of drug-likeness (QED) is 0.545. The number of allylic oxidation sites excluding steroid dienone is 3. The second-order valence-electron chi connectivity index (χ2n) is 9.09. The van der Waals surface area contributed by atoms with Crippen molar-refractivity contribution < 1.29 is 22.7 Å². The Hall–Kier alpha value is -3.07. The predicted molar refractivity (Wildman–Crippen MR) is 140 cm³/mol. The summed E-state index contributed by atoms with van der Waals surface area (Å²) in [6.45, 7) is 13.1. The van der Waals surface area contributed by atoms with Gasteiger partial charge in [0.2, 0.25) is 15.9 Å². The number of carbonyl (C=O) groups is 2. The molecule has 1 aromatic rings. The number of sulfonamides is 1. The van der Waals surface area contributed by atoms with Gasteiger partial charge >= 0.3 is 6.09 Å². The van der Waals surface area contributed by atoms with E-state index < -0.39 is 16.1 Å². The van der Waals surface area contributed by atoms with E-state index in [-0.39, 0.29) is 29.5 Å². The van der Waals surface area contributed by atoms with Crippen LogP contribution >= 0.6 is 0 Å². The Morgan fingerprint density at radius 1 is 1.14 bits per heavy atom. The van der Waals surface area contributed by atoms with Crippen molar-refractivity contribution in [3.63, 3.8) is 0 Å². The number of ether oxygens (including phenoxy) is 1. The van der Waals surface area contributed by atoms with Crippen molar-refractivity contribution in [2.75, 3.05) is 22.1 Å². The van der Waals surface area contributed by atoms with Crippen molar-refractivity contribution >= 4 is 39.0 Å². The number of nitrogens with zero attached hydrogens (tertiary/aromatic N) is 2. The van der Waals surface area contributed by atoms with Crippen LogP contribution in [-0.2, 0) is 19.6 Å². The van der Waals surface area contributed by atoms with Crippen molar-refractivity contribution in [1.82, 2.24) is 4.72 Å². The van der Waals surface area contributed by atoms with E-state index in [2.05, 4.69) is 17.9 Å². The number of benzene rings is 1. The Bertz CT molecular complexity index is 1140. The molecule has 0 aromatic heterocycles. The summed E-state index contributed by atoms with van der Waals surface area (Å²) in [6, 6.07) is 5.23. The molecule has 0 bridgehead atoms. The third-order valence-corrected chi connectivity index (χ3v) is 7.65. The van der Waals surface area contributed by atoms with Gasteiger partial charge in [-0.05, 0) is 68.9 Å². The zero-order valence-corrected chi connectivity index (χ0v) is 21.6. The Labute approximate surface area is 208 Å². The van der Waals surface area contributed by atoms with Gasteiger partial charge in [-0.3, -0.25) is 14.4 Å². The summed E-state index contributed by atoms with van der Waals surface area (Å²) in [7, 11) is -3.42. The Morgan fingerprint density at radius 3 is 2.46 bits per heavy atom. The van der Waals surface area contributed by atoms with Crippen LogP contribution < -0.4 is 14.5 Å². The first-order chi connectivity index (χ1) is 16.5. The number of carbonyl (C=O) groups excluding carboxylic acids is 2. The lowest BCUT2D eigenvalue weighted by molar-refractivity contribution is -0.117. The molecule has 1 atom stereocenters. The van der Waals surface area contributed by atoms with Gasteiger partial charge in [0.05, 0.1) is 23.2 Å². The van der Waals surface area contributed by atoms with E-state index in [9.17, 15) is 18.0 Å². The normalized spacial score (nSPS) is 18.8. The topological polar surface area (TPSA) is 96.0 Å². The maximum absolute atomic E-state index is 13.2. The van der Waals surface area contributed by atoms with Crippen molar-refractivity contribution in [3.8, 4) is 0 Å². The molecule has 35 heavy (non-hydrogen) atoms. The van der Waals surface area contributed by atoms with Gasteiger partial charge in [0.25, 0.3) is 0 Å². The minimum atomic E-state index is -3.42. The number of hydrogen-bond acceptors (Lipinski definition) is 5. The second kappa shape index (κ2) is 11.1. The van der Waals surface area contributed by atoms with Crippen LogP contribution in [0, 0.1) is 0 Å². The molecule has 8 nitrogen and oxygen atoms in total. The molecule has 1 N–H and O–H groups in total. The van der Waals surface area contributed by atoms with Crippen LogP contribution in [0.3, 0.4) is 0 Å². The van der Waals surface area contributed by atoms with E-state index in [0.29, 0.717) is 23.5 Å². The molecule has 2 aliphatic rings.